The van der Waals surface area contributed by atoms with Crippen LogP contribution in [0.15, 0.2) is 60.7 Å². The summed E-state index contributed by atoms with van der Waals surface area (Å²) in [6.45, 7) is 1.69. The molecule has 1 heterocycles. The van der Waals surface area contributed by atoms with E-state index in [9.17, 15) is 22.8 Å². The fourth-order valence-corrected chi connectivity index (χ4v) is 3.49. The van der Waals surface area contributed by atoms with Gasteiger partial charge in [0.05, 0.1) is 11.3 Å². The van der Waals surface area contributed by atoms with Crippen LogP contribution in [0.5, 0.6) is 0 Å². The molecule has 2 amide bonds. The first kappa shape index (κ1) is 21.3. The number of halogens is 3. The molecule has 30 heavy (non-hydrogen) atoms. The minimum absolute atomic E-state index is 0.206. The van der Waals surface area contributed by atoms with Crippen LogP contribution >= 0.6 is 11.3 Å². The molecule has 0 aliphatic carbocycles. The molecule has 0 spiro atoms. The molecule has 0 aliphatic rings. The largest absolute Gasteiger partial charge is 0.416 e. The lowest BCUT2D eigenvalue weighted by Crippen LogP contribution is -2.40. The van der Waals surface area contributed by atoms with Gasteiger partial charge in [-0.05, 0) is 30.7 Å². The number of alkyl halides is 3. The monoisotopic (exact) mass is 431 g/mol. The lowest BCUT2D eigenvalue weighted by molar-refractivity contribution is -0.137. The highest BCUT2D eigenvalue weighted by molar-refractivity contribution is 7.17. The summed E-state index contributed by atoms with van der Waals surface area (Å²) in [7, 11) is 0. The minimum Gasteiger partial charge on any atom is -0.268 e. The van der Waals surface area contributed by atoms with Crippen LogP contribution in [0.4, 0.5) is 13.2 Å². The number of nitrogens with one attached hydrogen (secondary N) is 2. The molecule has 1 aromatic heterocycles. The van der Waals surface area contributed by atoms with Gasteiger partial charge in [0.25, 0.3) is 11.8 Å². The van der Waals surface area contributed by atoms with Gasteiger partial charge in [-0.1, -0.05) is 42.5 Å². The Hall–Kier alpha value is -3.46. The van der Waals surface area contributed by atoms with Gasteiger partial charge in [0, 0.05) is 11.6 Å². The number of hydrazine groups is 1. The molecule has 154 valence electrons. The van der Waals surface area contributed by atoms with E-state index in [2.05, 4.69) is 15.8 Å². The van der Waals surface area contributed by atoms with Crippen molar-refractivity contribution in [2.45, 2.75) is 13.1 Å². The van der Waals surface area contributed by atoms with Gasteiger partial charge in [-0.15, -0.1) is 11.3 Å². The van der Waals surface area contributed by atoms with Crippen molar-refractivity contribution in [2.75, 3.05) is 0 Å². The van der Waals surface area contributed by atoms with Gasteiger partial charge in [0.15, 0.2) is 0 Å². The predicted octanol–water partition coefficient (Wildman–Crippen LogP) is 4.61. The molecular weight excluding hydrogens is 415 g/mol. The zero-order valence-corrected chi connectivity index (χ0v) is 16.5. The molecule has 9 heteroatoms. The number of amides is 2. The van der Waals surface area contributed by atoms with Gasteiger partial charge in [-0.25, -0.2) is 4.98 Å². The van der Waals surface area contributed by atoms with E-state index in [-0.39, 0.29) is 5.56 Å². The van der Waals surface area contributed by atoms with Gasteiger partial charge in [0.2, 0.25) is 0 Å². The van der Waals surface area contributed by atoms with Gasteiger partial charge in [-0.2, -0.15) is 13.2 Å². The zero-order valence-electron chi connectivity index (χ0n) is 15.7. The number of aryl methyl sites for hydroxylation is 1. The van der Waals surface area contributed by atoms with Crippen molar-refractivity contribution in [3.8, 4) is 10.6 Å². The number of hydrogen-bond donors (Lipinski definition) is 2. The fraction of sp³-hybridized carbons (Fsp3) is 0.0952. The molecule has 3 aromatic rings. The third-order valence-electron chi connectivity index (χ3n) is 3.96. The summed E-state index contributed by atoms with van der Waals surface area (Å²) < 4.78 is 38.2. The van der Waals surface area contributed by atoms with Gasteiger partial charge >= 0.3 is 6.18 Å². The SMILES string of the molecule is Cc1nc(-c2ccccc2)sc1C(=O)NNC(=O)/C=C/c1cccc(C(F)(F)F)c1. The molecule has 5 nitrogen and oxygen atoms in total. The predicted molar refractivity (Wildman–Crippen MR) is 108 cm³/mol. The Labute approximate surface area is 174 Å². The second-order valence-corrected chi connectivity index (χ2v) is 7.20. The van der Waals surface area contributed by atoms with Gasteiger partial charge < -0.3 is 0 Å². The van der Waals surface area contributed by atoms with Gasteiger partial charge in [0.1, 0.15) is 9.88 Å². The van der Waals surface area contributed by atoms with Crippen molar-refractivity contribution in [1.82, 2.24) is 15.8 Å². The van der Waals surface area contributed by atoms with E-state index >= 15 is 0 Å². The average Bonchev–Trinajstić information content (AvgIpc) is 3.12. The summed E-state index contributed by atoms with van der Waals surface area (Å²) >= 11 is 1.19. The molecule has 0 radical (unpaired) electrons. The number of benzene rings is 2. The second kappa shape index (κ2) is 8.91. The molecular formula is C21H16F3N3O2S. The highest BCUT2D eigenvalue weighted by Crippen LogP contribution is 2.30. The van der Waals surface area contributed by atoms with Crippen LogP contribution < -0.4 is 10.9 Å². The highest BCUT2D eigenvalue weighted by atomic mass is 32.1. The molecule has 0 saturated heterocycles. The Bertz CT molecular complexity index is 1090. The Morgan fingerprint density at radius 3 is 2.47 bits per heavy atom. The smallest absolute Gasteiger partial charge is 0.268 e. The quantitative estimate of drug-likeness (QED) is 0.468. The molecule has 0 bridgehead atoms. The summed E-state index contributed by atoms with van der Waals surface area (Å²) in [5, 5.41) is 0.675. The van der Waals surface area contributed by atoms with E-state index in [4.69, 9.17) is 0 Å². The van der Waals surface area contributed by atoms with Crippen LogP contribution in [0.3, 0.4) is 0 Å². The molecule has 0 fully saturated rings. The van der Waals surface area contributed by atoms with E-state index in [1.807, 2.05) is 30.3 Å². The topological polar surface area (TPSA) is 71.1 Å². The van der Waals surface area contributed by atoms with Crippen molar-refractivity contribution in [3.05, 3.63) is 82.4 Å². The summed E-state index contributed by atoms with van der Waals surface area (Å²) in [4.78, 5) is 29.0. The molecule has 2 aromatic carbocycles. The van der Waals surface area contributed by atoms with E-state index < -0.39 is 23.6 Å². The van der Waals surface area contributed by atoms with Crippen molar-refractivity contribution in [3.63, 3.8) is 0 Å². The summed E-state index contributed by atoms with van der Waals surface area (Å²) in [6.07, 6.45) is -2.21. The maximum atomic E-state index is 12.7. The maximum absolute atomic E-state index is 12.7. The van der Waals surface area contributed by atoms with E-state index in [1.165, 1.54) is 29.5 Å². The number of hydrogen-bond acceptors (Lipinski definition) is 4. The molecule has 2 N–H and O–H groups in total. The standard InChI is InChI=1S/C21H16F3N3O2S/c1-13-18(30-20(25-13)15-7-3-2-4-8-15)19(29)27-26-17(28)11-10-14-6-5-9-16(12-14)21(22,23)24/h2-12H,1H3,(H,26,28)(H,27,29)/b11-10+. The van der Waals surface area contributed by atoms with Gasteiger partial charge in [-0.3, -0.25) is 20.4 Å². The average molecular weight is 431 g/mol. The number of nitrogens with zero attached hydrogens (tertiary/aromatic N) is 1. The first-order valence-electron chi connectivity index (χ1n) is 8.72. The van der Waals surface area contributed by atoms with Crippen molar-refractivity contribution >= 4 is 29.2 Å². The Kier molecular flexibility index (Phi) is 6.31. The zero-order chi connectivity index (χ0) is 21.7. The number of thiazole rings is 1. The fourth-order valence-electron chi connectivity index (χ4n) is 2.52. The van der Waals surface area contributed by atoms with E-state index in [1.54, 1.807) is 6.92 Å². The number of aromatic nitrogens is 1. The van der Waals surface area contributed by atoms with E-state index in [0.717, 1.165) is 23.8 Å². The summed E-state index contributed by atoms with van der Waals surface area (Å²) in [5.74, 6) is -1.22. The third-order valence-corrected chi connectivity index (χ3v) is 5.17. The molecule has 3 rings (SSSR count). The molecule has 0 unspecified atom stereocenters. The first-order valence-corrected chi connectivity index (χ1v) is 9.54. The normalized spacial score (nSPS) is 11.5. The number of carbonyl (C=O) groups is 2. The lowest BCUT2D eigenvalue weighted by atomic mass is 10.1. The first-order chi connectivity index (χ1) is 14.2. The van der Waals surface area contributed by atoms with Crippen molar-refractivity contribution in [2.24, 2.45) is 0 Å². The van der Waals surface area contributed by atoms with Crippen LogP contribution in [-0.4, -0.2) is 16.8 Å². The van der Waals surface area contributed by atoms with E-state index in [0.29, 0.717) is 15.6 Å². The third kappa shape index (κ3) is 5.32. The Morgan fingerprint density at radius 2 is 1.77 bits per heavy atom. The molecule has 0 aliphatic heterocycles. The lowest BCUT2D eigenvalue weighted by Gasteiger charge is -2.07. The molecule has 0 atom stereocenters. The van der Waals surface area contributed by atoms with Crippen LogP contribution in [0.1, 0.15) is 26.5 Å². The highest BCUT2D eigenvalue weighted by Gasteiger charge is 2.30. The summed E-state index contributed by atoms with van der Waals surface area (Å²) in [5.41, 5.74) is 5.27. The van der Waals surface area contributed by atoms with Crippen LogP contribution in [-0.2, 0) is 11.0 Å². The molecule has 0 saturated carbocycles. The number of rotatable bonds is 4. The summed E-state index contributed by atoms with van der Waals surface area (Å²) in [6, 6.07) is 13.9. The minimum atomic E-state index is -4.47. The number of carbonyl (C=O) groups excluding carboxylic acids is 2. The van der Waals surface area contributed by atoms with Crippen molar-refractivity contribution in [1.29, 1.82) is 0 Å². The van der Waals surface area contributed by atoms with Crippen molar-refractivity contribution < 1.29 is 22.8 Å². The maximum Gasteiger partial charge on any atom is 0.416 e. The van der Waals surface area contributed by atoms with Crippen LogP contribution in [0.25, 0.3) is 16.6 Å². The second-order valence-electron chi connectivity index (χ2n) is 6.20. The Balaban J connectivity index is 1.61. The van der Waals surface area contributed by atoms with Crippen LogP contribution in [0, 0.1) is 6.92 Å². The Morgan fingerprint density at radius 1 is 1.03 bits per heavy atom. The van der Waals surface area contributed by atoms with Crippen LogP contribution in [0.2, 0.25) is 0 Å².